The van der Waals surface area contributed by atoms with Crippen molar-refractivity contribution < 1.29 is 0 Å². The monoisotopic (exact) mass is 161 g/mol. The summed E-state index contributed by atoms with van der Waals surface area (Å²) in [5.41, 5.74) is 1.63. The van der Waals surface area contributed by atoms with Gasteiger partial charge in [-0.3, -0.25) is 0 Å². The van der Waals surface area contributed by atoms with Crippen molar-refractivity contribution in [3.05, 3.63) is 41.8 Å². The molecule has 0 amide bonds. The predicted molar refractivity (Wildman–Crippen MR) is 53.9 cm³/mol. The van der Waals surface area contributed by atoms with Gasteiger partial charge in [0, 0.05) is 5.92 Å². The van der Waals surface area contributed by atoms with E-state index in [1.54, 1.807) is 0 Å². The normalized spacial score (nSPS) is 12.1. The van der Waals surface area contributed by atoms with Crippen LogP contribution in [0.3, 0.4) is 0 Å². The Labute approximate surface area is 75.6 Å². The molecule has 0 aromatic heterocycles. The van der Waals surface area contributed by atoms with Crippen LogP contribution in [0.5, 0.6) is 0 Å². The van der Waals surface area contributed by atoms with Crippen LogP contribution in [0.15, 0.2) is 30.3 Å². The van der Waals surface area contributed by atoms with E-state index in [0.717, 1.165) is 0 Å². The average Bonchev–Trinajstić information content (AvgIpc) is 2.03. The fourth-order valence-electron chi connectivity index (χ4n) is 1.12. The molecule has 0 aliphatic carbocycles. The third kappa shape index (κ3) is 2.10. The third-order valence-corrected chi connectivity index (χ3v) is 2.33. The first-order chi connectivity index (χ1) is 5.52. The first-order valence-electron chi connectivity index (χ1n) is 4.41. The van der Waals surface area contributed by atoms with Crippen molar-refractivity contribution in [3.8, 4) is 0 Å². The van der Waals surface area contributed by atoms with E-state index >= 15 is 0 Å². The molecule has 0 heterocycles. The molecule has 0 heteroatoms. The zero-order valence-electron chi connectivity index (χ0n) is 8.39. The van der Waals surface area contributed by atoms with Gasteiger partial charge in [-0.15, -0.1) is 0 Å². The van der Waals surface area contributed by atoms with Gasteiger partial charge in [0.25, 0.3) is 0 Å². The average molecular weight is 161 g/mol. The Morgan fingerprint density at radius 2 is 1.50 bits per heavy atom. The Kier molecular flexibility index (Phi) is 2.56. The molecular weight excluding hydrogens is 144 g/mol. The minimum absolute atomic E-state index is 0.279. The summed E-state index contributed by atoms with van der Waals surface area (Å²) in [7, 11) is 0. The minimum atomic E-state index is 0.279. The summed E-state index contributed by atoms with van der Waals surface area (Å²) in [6, 6.07) is 10.6. The Morgan fingerprint density at radius 3 is 1.92 bits per heavy atom. The topological polar surface area (TPSA) is 0 Å². The molecule has 1 aromatic carbocycles. The summed E-state index contributed by atoms with van der Waals surface area (Å²) < 4.78 is 0. The summed E-state index contributed by atoms with van der Waals surface area (Å²) in [5.74, 6) is 1.45. The van der Waals surface area contributed by atoms with Crippen molar-refractivity contribution in [1.29, 1.82) is 0 Å². The zero-order valence-corrected chi connectivity index (χ0v) is 8.39. The van der Waals surface area contributed by atoms with Gasteiger partial charge in [0.1, 0.15) is 0 Å². The zero-order chi connectivity index (χ0) is 9.19. The van der Waals surface area contributed by atoms with Gasteiger partial charge in [0.05, 0.1) is 0 Å². The molecule has 0 nitrogen and oxygen atoms in total. The van der Waals surface area contributed by atoms with Crippen LogP contribution in [-0.4, -0.2) is 0 Å². The molecule has 1 radical (unpaired) electrons. The first-order valence-corrected chi connectivity index (χ1v) is 4.41. The SMILES string of the molecule is C[C](c1ccccc1)C(C)(C)C. The van der Waals surface area contributed by atoms with Crippen LogP contribution in [0, 0.1) is 11.3 Å². The fraction of sp³-hybridized carbons (Fsp3) is 0.417. The lowest BCUT2D eigenvalue weighted by Gasteiger charge is -2.26. The van der Waals surface area contributed by atoms with Crippen LogP contribution in [0.2, 0.25) is 0 Å². The van der Waals surface area contributed by atoms with Crippen LogP contribution in [0.1, 0.15) is 33.3 Å². The van der Waals surface area contributed by atoms with Gasteiger partial charge in [0.2, 0.25) is 0 Å². The lowest BCUT2D eigenvalue weighted by molar-refractivity contribution is 0.451. The highest BCUT2D eigenvalue weighted by Gasteiger charge is 2.21. The maximum absolute atomic E-state index is 2.25. The lowest BCUT2D eigenvalue weighted by atomic mass is 9.78. The molecule has 1 aromatic rings. The molecule has 12 heavy (non-hydrogen) atoms. The van der Waals surface area contributed by atoms with Gasteiger partial charge in [-0.25, -0.2) is 0 Å². The second kappa shape index (κ2) is 3.30. The summed E-state index contributed by atoms with van der Waals surface area (Å²) in [4.78, 5) is 0. The van der Waals surface area contributed by atoms with Gasteiger partial charge >= 0.3 is 0 Å². The van der Waals surface area contributed by atoms with Gasteiger partial charge in [-0.2, -0.15) is 0 Å². The minimum Gasteiger partial charge on any atom is -0.0622 e. The van der Waals surface area contributed by atoms with Crippen molar-refractivity contribution in [2.75, 3.05) is 0 Å². The molecular formula is C12H17. The van der Waals surface area contributed by atoms with Crippen LogP contribution in [-0.2, 0) is 0 Å². The van der Waals surface area contributed by atoms with E-state index in [1.807, 2.05) is 0 Å². The summed E-state index contributed by atoms with van der Waals surface area (Å²) in [6.07, 6.45) is 0. The predicted octanol–water partition coefficient (Wildman–Crippen LogP) is 3.68. The highest BCUT2D eigenvalue weighted by molar-refractivity contribution is 5.31. The molecule has 1 rings (SSSR count). The fourth-order valence-corrected chi connectivity index (χ4v) is 1.12. The van der Waals surface area contributed by atoms with Crippen LogP contribution < -0.4 is 0 Å². The molecule has 0 spiro atoms. The van der Waals surface area contributed by atoms with Crippen LogP contribution in [0.25, 0.3) is 0 Å². The number of benzene rings is 1. The Hall–Kier alpha value is -0.780. The largest absolute Gasteiger partial charge is 0.0622 e. The molecule has 0 saturated heterocycles. The van der Waals surface area contributed by atoms with Gasteiger partial charge < -0.3 is 0 Å². The Morgan fingerprint density at radius 1 is 1.00 bits per heavy atom. The molecule has 0 N–H and O–H groups in total. The van der Waals surface area contributed by atoms with Gasteiger partial charge in [-0.1, -0.05) is 58.0 Å². The molecule has 0 bridgehead atoms. The Balaban J connectivity index is 2.86. The molecule has 0 unspecified atom stereocenters. The van der Waals surface area contributed by atoms with Crippen molar-refractivity contribution >= 4 is 0 Å². The highest BCUT2D eigenvalue weighted by atomic mass is 14.3. The molecule has 0 saturated carbocycles. The second-order valence-electron chi connectivity index (χ2n) is 4.24. The molecule has 65 valence electrons. The number of rotatable bonds is 1. The van der Waals surface area contributed by atoms with Crippen LogP contribution >= 0.6 is 0 Å². The van der Waals surface area contributed by atoms with E-state index in [0.29, 0.717) is 0 Å². The van der Waals surface area contributed by atoms with Gasteiger partial charge in [-0.05, 0) is 11.0 Å². The molecule has 0 aliphatic rings. The second-order valence-corrected chi connectivity index (χ2v) is 4.24. The number of hydrogen-bond donors (Lipinski definition) is 0. The van der Waals surface area contributed by atoms with Crippen LogP contribution in [0.4, 0.5) is 0 Å². The van der Waals surface area contributed by atoms with Crippen molar-refractivity contribution in [2.45, 2.75) is 27.7 Å². The molecule has 0 atom stereocenters. The van der Waals surface area contributed by atoms with Crippen molar-refractivity contribution in [3.63, 3.8) is 0 Å². The van der Waals surface area contributed by atoms with E-state index in [4.69, 9.17) is 0 Å². The summed E-state index contributed by atoms with van der Waals surface area (Å²) in [5, 5.41) is 0. The summed E-state index contributed by atoms with van der Waals surface area (Å²) in [6.45, 7) is 8.94. The quantitative estimate of drug-likeness (QED) is 0.589. The maximum Gasteiger partial charge on any atom is 0.00723 e. The number of hydrogen-bond acceptors (Lipinski definition) is 0. The lowest BCUT2D eigenvalue weighted by Crippen LogP contribution is -2.15. The van der Waals surface area contributed by atoms with E-state index < -0.39 is 0 Å². The molecule has 0 aliphatic heterocycles. The van der Waals surface area contributed by atoms with Crippen molar-refractivity contribution in [1.82, 2.24) is 0 Å². The smallest absolute Gasteiger partial charge is 0.00723 e. The van der Waals surface area contributed by atoms with E-state index in [1.165, 1.54) is 11.5 Å². The molecule has 0 fully saturated rings. The van der Waals surface area contributed by atoms with E-state index in [2.05, 4.69) is 58.0 Å². The Bertz CT molecular complexity index is 228. The van der Waals surface area contributed by atoms with Gasteiger partial charge in [0.15, 0.2) is 0 Å². The standard InChI is InChI=1S/C12H17/c1-10(12(2,3)4)11-8-6-5-7-9-11/h5-9H,1-4H3. The third-order valence-electron chi connectivity index (χ3n) is 2.33. The summed E-state index contributed by atoms with van der Waals surface area (Å²) >= 11 is 0. The van der Waals surface area contributed by atoms with Crippen molar-refractivity contribution in [2.24, 2.45) is 5.41 Å². The van der Waals surface area contributed by atoms with E-state index in [9.17, 15) is 0 Å². The highest BCUT2D eigenvalue weighted by Crippen LogP contribution is 2.32. The maximum atomic E-state index is 2.25. The first kappa shape index (κ1) is 9.31. The van der Waals surface area contributed by atoms with E-state index in [-0.39, 0.29) is 5.41 Å².